The summed E-state index contributed by atoms with van der Waals surface area (Å²) in [5.41, 5.74) is 3.40. The highest BCUT2D eigenvalue weighted by atomic mass is 16.7. The van der Waals surface area contributed by atoms with Crippen LogP contribution in [0, 0.1) is 13.8 Å². The lowest BCUT2D eigenvalue weighted by Crippen LogP contribution is -2.56. The lowest BCUT2D eigenvalue weighted by molar-refractivity contribution is -0.171. The summed E-state index contributed by atoms with van der Waals surface area (Å²) in [7, 11) is 1.67. The highest BCUT2D eigenvalue weighted by molar-refractivity contribution is 5.88. The Morgan fingerprint density at radius 3 is 2.81 bits per heavy atom. The molecule has 0 bridgehead atoms. The number of hydroxylamine groups is 2. The van der Waals surface area contributed by atoms with Gasteiger partial charge in [0, 0.05) is 19.6 Å². The molecule has 3 rings (SSSR count). The first kappa shape index (κ1) is 18.7. The van der Waals surface area contributed by atoms with Crippen molar-refractivity contribution in [2.24, 2.45) is 0 Å². The van der Waals surface area contributed by atoms with Crippen LogP contribution in [0.4, 0.5) is 0 Å². The molecule has 1 aromatic rings. The van der Waals surface area contributed by atoms with E-state index < -0.39 is 6.04 Å². The van der Waals surface area contributed by atoms with Crippen LogP contribution in [-0.2, 0) is 21.0 Å². The minimum absolute atomic E-state index is 0.0910. The molecule has 2 heterocycles. The van der Waals surface area contributed by atoms with E-state index in [4.69, 9.17) is 9.57 Å². The topological polar surface area (TPSA) is 71.1 Å². The fourth-order valence-electron chi connectivity index (χ4n) is 3.55. The molecule has 0 unspecified atom stereocenters. The molecule has 0 aliphatic carbocycles. The van der Waals surface area contributed by atoms with Crippen LogP contribution in [0.5, 0.6) is 5.75 Å². The number of piperazine rings is 1. The largest absolute Gasteiger partial charge is 0.496 e. The molecule has 7 nitrogen and oxygen atoms in total. The Labute approximate surface area is 154 Å². The first-order chi connectivity index (χ1) is 12.5. The Morgan fingerprint density at radius 2 is 2.12 bits per heavy atom. The van der Waals surface area contributed by atoms with E-state index in [1.165, 1.54) is 5.06 Å². The predicted octanol–water partition coefficient (Wildman–Crippen LogP) is 1.17. The normalized spacial score (nSPS) is 21.0. The second-order valence-electron chi connectivity index (χ2n) is 6.84. The maximum Gasteiger partial charge on any atom is 0.248 e. The van der Waals surface area contributed by atoms with Crippen LogP contribution in [0.3, 0.4) is 0 Å². The van der Waals surface area contributed by atoms with Crippen molar-refractivity contribution in [3.8, 4) is 5.75 Å². The molecule has 7 heteroatoms. The fraction of sp³-hybridized carbons (Fsp3) is 0.579. The highest BCUT2D eigenvalue weighted by Gasteiger charge is 2.34. The van der Waals surface area contributed by atoms with Gasteiger partial charge in [0.25, 0.3) is 0 Å². The van der Waals surface area contributed by atoms with Gasteiger partial charge in [0.05, 0.1) is 32.7 Å². The van der Waals surface area contributed by atoms with Crippen LogP contribution < -0.4 is 10.1 Å². The number of hydrogen-bond donors (Lipinski definition) is 1. The van der Waals surface area contributed by atoms with Crippen molar-refractivity contribution in [3.05, 3.63) is 28.8 Å². The van der Waals surface area contributed by atoms with E-state index in [1.807, 2.05) is 19.1 Å². The number of ether oxygens (including phenoxy) is 1. The van der Waals surface area contributed by atoms with Crippen molar-refractivity contribution < 1.29 is 19.2 Å². The molecule has 142 valence electrons. The molecule has 2 saturated heterocycles. The highest BCUT2D eigenvalue weighted by Crippen LogP contribution is 2.26. The molecule has 2 aliphatic rings. The molecule has 1 N–H and O–H groups in total. The van der Waals surface area contributed by atoms with E-state index in [0.717, 1.165) is 35.4 Å². The summed E-state index contributed by atoms with van der Waals surface area (Å²) in [4.78, 5) is 32.3. The number of benzene rings is 1. The first-order valence-electron chi connectivity index (χ1n) is 9.09. The maximum absolute atomic E-state index is 12.4. The third-order valence-electron chi connectivity index (χ3n) is 5.28. The number of rotatable bonds is 5. The lowest BCUT2D eigenvalue weighted by atomic mass is 10.00. The number of nitrogens with one attached hydrogen (secondary N) is 1. The Morgan fingerprint density at radius 1 is 1.31 bits per heavy atom. The molecule has 1 aromatic carbocycles. The monoisotopic (exact) mass is 361 g/mol. The third kappa shape index (κ3) is 3.83. The quantitative estimate of drug-likeness (QED) is 0.852. The van der Waals surface area contributed by atoms with Gasteiger partial charge in [0.2, 0.25) is 11.8 Å². The number of carbonyl (C=O) groups is 2. The molecular weight excluding hydrogens is 334 g/mol. The summed E-state index contributed by atoms with van der Waals surface area (Å²) in [5, 5.41) is 4.27. The van der Waals surface area contributed by atoms with Crippen LogP contribution in [0.2, 0.25) is 0 Å². The van der Waals surface area contributed by atoms with Gasteiger partial charge in [-0.05, 0) is 43.0 Å². The van der Waals surface area contributed by atoms with Gasteiger partial charge in [-0.15, -0.1) is 0 Å². The molecule has 0 saturated carbocycles. The third-order valence-corrected chi connectivity index (χ3v) is 5.28. The van der Waals surface area contributed by atoms with Gasteiger partial charge in [0.1, 0.15) is 5.75 Å². The molecule has 26 heavy (non-hydrogen) atoms. The summed E-state index contributed by atoms with van der Waals surface area (Å²) in [6.07, 6.45) is 0.983. The average molecular weight is 361 g/mol. The fourth-order valence-corrected chi connectivity index (χ4v) is 3.55. The summed E-state index contributed by atoms with van der Waals surface area (Å²) in [6, 6.07) is 3.53. The van der Waals surface area contributed by atoms with Gasteiger partial charge >= 0.3 is 0 Å². The molecule has 1 atom stereocenters. The molecule has 0 aromatic heterocycles. The predicted molar refractivity (Wildman–Crippen MR) is 96.6 cm³/mol. The summed E-state index contributed by atoms with van der Waals surface area (Å²) in [6.45, 7) is 7.21. The Bertz CT molecular complexity index is 686. The average Bonchev–Trinajstić information content (AvgIpc) is 3.17. The van der Waals surface area contributed by atoms with Gasteiger partial charge in [-0.2, -0.15) is 0 Å². The zero-order valence-electron chi connectivity index (χ0n) is 15.7. The zero-order valence-corrected chi connectivity index (χ0v) is 15.7. The number of nitrogens with zero attached hydrogens (tertiary/aromatic N) is 2. The van der Waals surface area contributed by atoms with E-state index in [-0.39, 0.29) is 18.2 Å². The van der Waals surface area contributed by atoms with Crippen molar-refractivity contribution in [1.82, 2.24) is 15.3 Å². The standard InChI is InChI=1S/C19H27N3O4/c1-13-14(2)17(25-3)6-5-15(13)12-21-9-7-20-19(24)16(21)11-18(23)22-8-4-10-26-22/h5-6,16H,4,7-12H2,1-3H3,(H,20,24)/t16-/m1/s1. The van der Waals surface area contributed by atoms with Gasteiger partial charge in [-0.25, -0.2) is 5.06 Å². The summed E-state index contributed by atoms with van der Waals surface area (Å²) >= 11 is 0. The molecule has 2 fully saturated rings. The lowest BCUT2D eigenvalue weighted by Gasteiger charge is -2.35. The van der Waals surface area contributed by atoms with E-state index in [2.05, 4.69) is 17.1 Å². The van der Waals surface area contributed by atoms with Crippen LogP contribution in [0.1, 0.15) is 29.5 Å². The molecule has 2 aliphatic heterocycles. The smallest absolute Gasteiger partial charge is 0.248 e. The van der Waals surface area contributed by atoms with Crippen molar-refractivity contribution in [2.45, 2.75) is 39.3 Å². The Kier molecular flexibility index (Phi) is 5.78. The van der Waals surface area contributed by atoms with Crippen molar-refractivity contribution in [2.75, 3.05) is 33.4 Å². The Hall–Kier alpha value is -2.12. The number of hydrogen-bond acceptors (Lipinski definition) is 5. The van der Waals surface area contributed by atoms with Crippen molar-refractivity contribution in [3.63, 3.8) is 0 Å². The number of carbonyl (C=O) groups excluding carboxylic acids is 2. The zero-order chi connectivity index (χ0) is 18.7. The van der Waals surface area contributed by atoms with Gasteiger partial charge in [-0.1, -0.05) is 6.07 Å². The van der Waals surface area contributed by atoms with Crippen molar-refractivity contribution in [1.29, 1.82) is 0 Å². The number of amides is 2. The summed E-state index contributed by atoms with van der Waals surface area (Å²) < 4.78 is 5.38. The molecular formula is C19H27N3O4. The van der Waals surface area contributed by atoms with Gasteiger partial charge in [-0.3, -0.25) is 19.3 Å². The summed E-state index contributed by atoms with van der Waals surface area (Å²) in [5.74, 6) is 0.643. The second kappa shape index (κ2) is 8.05. The minimum Gasteiger partial charge on any atom is -0.496 e. The van der Waals surface area contributed by atoms with Crippen molar-refractivity contribution >= 4 is 11.8 Å². The molecule has 2 amide bonds. The first-order valence-corrected chi connectivity index (χ1v) is 9.09. The maximum atomic E-state index is 12.4. The van der Waals surface area contributed by atoms with Gasteiger partial charge in [0.15, 0.2) is 0 Å². The van der Waals surface area contributed by atoms with Crippen LogP contribution in [0.15, 0.2) is 12.1 Å². The van der Waals surface area contributed by atoms with E-state index in [1.54, 1.807) is 7.11 Å². The van der Waals surface area contributed by atoms with E-state index >= 15 is 0 Å². The number of methoxy groups -OCH3 is 1. The minimum atomic E-state index is -0.470. The van der Waals surface area contributed by atoms with E-state index in [9.17, 15) is 9.59 Å². The van der Waals surface area contributed by atoms with Crippen LogP contribution in [-0.4, -0.2) is 61.2 Å². The Balaban J connectivity index is 1.75. The van der Waals surface area contributed by atoms with E-state index in [0.29, 0.717) is 26.2 Å². The van der Waals surface area contributed by atoms with Crippen LogP contribution in [0.25, 0.3) is 0 Å². The van der Waals surface area contributed by atoms with Gasteiger partial charge < -0.3 is 10.1 Å². The second-order valence-corrected chi connectivity index (χ2v) is 6.84. The molecule has 0 radical (unpaired) electrons. The van der Waals surface area contributed by atoms with Crippen LogP contribution >= 0.6 is 0 Å². The SMILES string of the molecule is COc1ccc(CN2CCNC(=O)[C@H]2CC(=O)N2CCCO2)c(C)c1C. The molecule has 0 spiro atoms.